The molecule has 1 N–H and O–H groups in total. The summed E-state index contributed by atoms with van der Waals surface area (Å²) in [5.41, 5.74) is 0.0840. The van der Waals surface area contributed by atoms with Gasteiger partial charge in [-0.1, -0.05) is 18.2 Å². The molecule has 2 fully saturated rings. The first-order valence-electron chi connectivity index (χ1n) is 12.4. The van der Waals surface area contributed by atoms with Gasteiger partial charge in [0.1, 0.15) is 0 Å². The van der Waals surface area contributed by atoms with Gasteiger partial charge in [0.25, 0.3) is 0 Å². The molecule has 37 heavy (non-hydrogen) atoms. The fraction of sp³-hybridized carbons (Fsp3) is 0.500. The monoisotopic (exact) mass is 520 g/mol. The number of carbonyl (C=O) groups excluding carboxylic acids is 3. The molecule has 0 spiro atoms. The first-order valence-corrected chi connectivity index (χ1v) is 12.4. The molecule has 2 heterocycles. The van der Waals surface area contributed by atoms with Gasteiger partial charge in [-0.25, -0.2) is 9.59 Å². The summed E-state index contributed by atoms with van der Waals surface area (Å²) in [5.74, 6) is -0.336. The summed E-state index contributed by atoms with van der Waals surface area (Å²) in [5, 5.41) is 2.75. The maximum absolute atomic E-state index is 13.2. The van der Waals surface area contributed by atoms with Crippen LogP contribution in [0.4, 0.5) is 18.0 Å². The van der Waals surface area contributed by atoms with Crippen molar-refractivity contribution in [2.45, 2.75) is 32.0 Å². The first kappa shape index (κ1) is 26.7. The quantitative estimate of drug-likeness (QED) is 0.420. The van der Waals surface area contributed by atoms with Crippen molar-refractivity contribution in [1.82, 2.24) is 20.0 Å². The number of esters is 1. The molecule has 1 aromatic carbocycles. The summed E-state index contributed by atoms with van der Waals surface area (Å²) in [4.78, 5) is 44.1. The van der Waals surface area contributed by atoms with Crippen molar-refractivity contribution in [3.8, 4) is 0 Å². The summed E-state index contributed by atoms with van der Waals surface area (Å²) in [7, 11) is 0. The topological polar surface area (TPSA) is 82.2 Å². The fourth-order valence-corrected chi connectivity index (χ4v) is 4.69. The second-order valence-electron chi connectivity index (χ2n) is 9.36. The molecule has 8 nitrogen and oxygen atoms in total. The molecule has 1 saturated heterocycles. The molecule has 3 amide bonds. The van der Waals surface area contributed by atoms with Crippen molar-refractivity contribution < 1.29 is 32.3 Å². The second-order valence-corrected chi connectivity index (χ2v) is 9.36. The largest absolute Gasteiger partial charge is 0.463 e. The number of ether oxygens (including phenoxy) is 1. The normalized spacial score (nSPS) is 21.1. The van der Waals surface area contributed by atoms with Crippen molar-refractivity contribution in [2.75, 3.05) is 45.9 Å². The Hall–Kier alpha value is -3.34. The molecule has 1 atom stereocenters. The maximum Gasteiger partial charge on any atom is 0.416 e. The lowest BCUT2D eigenvalue weighted by Crippen LogP contribution is -2.54. The lowest BCUT2D eigenvalue weighted by Gasteiger charge is -2.40. The van der Waals surface area contributed by atoms with Crippen molar-refractivity contribution >= 4 is 17.9 Å². The van der Waals surface area contributed by atoms with Gasteiger partial charge in [-0.3, -0.25) is 14.6 Å². The SMILES string of the molecule is C=CCN1C(=O)NC(c2ccc(C(F)(F)F)cc2)C(C(=O)OCC)=C1CN1CCN(C(=O)C2CC2)CC1. The highest BCUT2D eigenvalue weighted by Crippen LogP contribution is 2.35. The van der Waals surface area contributed by atoms with E-state index >= 15 is 0 Å². The fourth-order valence-electron chi connectivity index (χ4n) is 4.69. The highest BCUT2D eigenvalue weighted by molar-refractivity contribution is 5.95. The molecule has 1 unspecified atom stereocenters. The van der Waals surface area contributed by atoms with Gasteiger partial charge in [-0.15, -0.1) is 6.58 Å². The van der Waals surface area contributed by atoms with E-state index in [4.69, 9.17) is 4.74 Å². The second kappa shape index (κ2) is 11.0. The predicted octanol–water partition coefficient (Wildman–Crippen LogP) is 3.33. The average Bonchev–Trinajstić information content (AvgIpc) is 3.71. The summed E-state index contributed by atoms with van der Waals surface area (Å²) < 4.78 is 44.7. The molecular formula is C26H31F3N4O4. The van der Waals surface area contributed by atoms with Crippen LogP contribution in [0.3, 0.4) is 0 Å². The number of halogens is 3. The van der Waals surface area contributed by atoms with E-state index in [0.29, 0.717) is 37.4 Å². The number of alkyl halides is 3. The molecule has 1 aliphatic carbocycles. The highest BCUT2D eigenvalue weighted by atomic mass is 19.4. The first-order chi connectivity index (χ1) is 17.6. The van der Waals surface area contributed by atoms with Gasteiger partial charge < -0.3 is 15.0 Å². The Balaban J connectivity index is 1.66. The molecule has 1 aromatic rings. The Labute approximate surface area is 213 Å². The summed E-state index contributed by atoms with van der Waals surface area (Å²) in [6.07, 6.45) is -1.10. The van der Waals surface area contributed by atoms with Crippen LogP contribution < -0.4 is 5.32 Å². The number of piperazine rings is 1. The molecular weight excluding hydrogens is 489 g/mol. The Morgan fingerprint density at radius 3 is 2.32 bits per heavy atom. The van der Waals surface area contributed by atoms with Gasteiger partial charge in [0.15, 0.2) is 0 Å². The van der Waals surface area contributed by atoms with Crippen molar-refractivity contribution in [3.63, 3.8) is 0 Å². The summed E-state index contributed by atoms with van der Waals surface area (Å²) >= 11 is 0. The molecule has 3 aliphatic rings. The smallest absolute Gasteiger partial charge is 0.416 e. The number of hydrogen-bond acceptors (Lipinski definition) is 5. The maximum atomic E-state index is 13.2. The standard InChI is InChI=1S/C26H31F3N4O4/c1-3-11-33-20(16-31-12-14-32(15-13-31)23(34)18-5-6-18)21(24(35)37-4-2)22(30-25(33)36)17-7-9-19(10-8-17)26(27,28)29/h3,7-10,18,22H,1,4-6,11-16H2,2H3,(H,30,36). The van der Waals surface area contributed by atoms with E-state index in [1.165, 1.54) is 23.1 Å². The molecule has 200 valence electrons. The minimum Gasteiger partial charge on any atom is -0.463 e. The van der Waals surface area contributed by atoms with Crippen LogP contribution in [0.25, 0.3) is 0 Å². The number of hydrogen-bond donors (Lipinski definition) is 1. The molecule has 0 aromatic heterocycles. The van der Waals surface area contributed by atoms with Crippen molar-refractivity contribution in [1.29, 1.82) is 0 Å². The van der Waals surface area contributed by atoms with E-state index in [9.17, 15) is 27.6 Å². The number of nitrogens with one attached hydrogen (secondary N) is 1. The van der Waals surface area contributed by atoms with Gasteiger partial charge in [-0.05, 0) is 37.5 Å². The van der Waals surface area contributed by atoms with E-state index in [1.807, 2.05) is 4.90 Å². The number of urea groups is 1. The van der Waals surface area contributed by atoms with E-state index in [1.54, 1.807) is 6.92 Å². The highest BCUT2D eigenvalue weighted by Gasteiger charge is 2.40. The van der Waals surface area contributed by atoms with Gasteiger partial charge in [0, 0.05) is 50.9 Å². The van der Waals surface area contributed by atoms with Gasteiger partial charge in [-0.2, -0.15) is 13.2 Å². The number of benzene rings is 1. The Kier molecular flexibility index (Phi) is 7.91. The minimum absolute atomic E-state index is 0.0900. The lowest BCUT2D eigenvalue weighted by molar-refractivity contribution is -0.139. The van der Waals surface area contributed by atoms with E-state index < -0.39 is 29.8 Å². The average molecular weight is 521 g/mol. The molecule has 0 bridgehead atoms. The van der Waals surface area contributed by atoms with E-state index in [2.05, 4.69) is 16.8 Å². The van der Waals surface area contributed by atoms with Crippen LogP contribution in [0.1, 0.15) is 36.9 Å². The summed E-state index contributed by atoms with van der Waals surface area (Å²) in [6, 6.07) is 2.90. The molecule has 2 aliphatic heterocycles. The zero-order valence-electron chi connectivity index (χ0n) is 20.7. The predicted molar refractivity (Wildman–Crippen MR) is 129 cm³/mol. The lowest BCUT2D eigenvalue weighted by atomic mass is 9.93. The van der Waals surface area contributed by atoms with Crippen LogP contribution in [0, 0.1) is 5.92 Å². The van der Waals surface area contributed by atoms with E-state index in [0.717, 1.165) is 25.0 Å². The third kappa shape index (κ3) is 5.98. The molecule has 11 heteroatoms. The van der Waals surface area contributed by atoms with Crippen LogP contribution in [-0.4, -0.2) is 78.5 Å². The third-order valence-corrected chi connectivity index (χ3v) is 6.80. The third-order valence-electron chi connectivity index (χ3n) is 6.80. The van der Waals surface area contributed by atoms with E-state index in [-0.39, 0.29) is 37.1 Å². The van der Waals surface area contributed by atoms with Crippen LogP contribution in [0.15, 0.2) is 48.2 Å². The Morgan fingerprint density at radius 1 is 1.14 bits per heavy atom. The van der Waals surface area contributed by atoms with Gasteiger partial charge in [0.05, 0.1) is 23.8 Å². The number of rotatable bonds is 8. The number of amides is 3. The van der Waals surface area contributed by atoms with Gasteiger partial charge in [0.2, 0.25) is 5.91 Å². The zero-order valence-corrected chi connectivity index (χ0v) is 20.7. The number of carbonyl (C=O) groups is 3. The van der Waals surface area contributed by atoms with Crippen molar-refractivity contribution in [3.05, 3.63) is 59.3 Å². The molecule has 4 rings (SSSR count). The van der Waals surface area contributed by atoms with Crippen LogP contribution in [0.2, 0.25) is 0 Å². The van der Waals surface area contributed by atoms with Gasteiger partial charge >= 0.3 is 18.2 Å². The Bertz CT molecular complexity index is 1070. The zero-order chi connectivity index (χ0) is 26.7. The van der Waals surface area contributed by atoms with Crippen molar-refractivity contribution in [2.24, 2.45) is 5.92 Å². The van der Waals surface area contributed by atoms with Crippen LogP contribution in [0.5, 0.6) is 0 Å². The molecule has 0 radical (unpaired) electrons. The summed E-state index contributed by atoms with van der Waals surface area (Å²) in [6.45, 7) is 8.05. The Morgan fingerprint density at radius 2 is 1.78 bits per heavy atom. The minimum atomic E-state index is -4.51. The van der Waals surface area contributed by atoms with Crippen LogP contribution >= 0.6 is 0 Å². The molecule has 1 saturated carbocycles. The van der Waals surface area contributed by atoms with Crippen LogP contribution in [-0.2, 0) is 20.5 Å². The number of nitrogens with zero attached hydrogens (tertiary/aromatic N) is 3.